The Balaban J connectivity index is 1.65. The van der Waals surface area contributed by atoms with E-state index in [1.807, 2.05) is 18.2 Å². The summed E-state index contributed by atoms with van der Waals surface area (Å²) in [5.41, 5.74) is 2.96. The first-order valence-corrected chi connectivity index (χ1v) is 10.8. The van der Waals surface area contributed by atoms with E-state index < -0.39 is 5.41 Å². The van der Waals surface area contributed by atoms with Crippen LogP contribution in [0.15, 0.2) is 48.5 Å². The van der Waals surface area contributed by atoms with Gasteiger partial charge in [0, 0.05) is 38.4 Å². The van der Waals surface area contributed by atoms with Gasteiger partial charge >= 0.3 is 0 Å². The van der Waals surface area contributed by atoms with Gasteiger partial charge in [0.25, 0.3) is 0 Å². The van der Waals surface area contributed by atoms with Gasteiger partial charge in [-0.25, -0.2) is 0 Å². The first-order chi connectivity index (χ1) is 14.5. The fourth-order valence-corrected chi connectivity index (χ4v) is 4.93. The number of methoxy groups -OCH3 is 1. The molecule has 5 heteroatoms. The van der Waals surface area contributed by atoms with Gasteiger partial charge in [-0.1, -0.05) is 48.0 Å². The van der Waals surface area contributed by atoms with Crippen LogP contribution in [-0.2, 0) is 14.9 Å². The monoisotopic (exact) mass is 408 g/mol. The van der Waals surface area contributed by atoms with Gasteiger partial charge in [0.2, 0.25) is 5.91 Å². The zero-order valence-electron chi connectivity index (χ0n) is 18.3. The van der Waals surface area contributed by atoms with Gasteiger partial charge in [-0.2, -0.15) is 0 Å². The minimum Gasteiger partial charge on any atom is -0.496 e. The van der Waals surface area contributed by atoms with Crippen molar-refractivity contribution in [3.63, 3.8) is 0 Å². The predicted octanol–water partition coefficient (Wildman–Crippen LogP) is 3.57. The highest BCUT2D eigenvalue weighted by Crippen LogP contribution is 2.39. The Bertz CT molecular complexity index is 891. The lowest BCUT2D eigenvalue weighted by atomic mass is 9.72. The largest absolute Gasteiger partial charge is 0.496 e. The third-order valence-corrected chi connectivity index (χ3v) is 6.76. The van der Waals surface area contributed by atoms with Crippen LogP contribution >= 0.6 is 0 Å². The summed E-state index contributed by atoms with van der Waals surface area (Å²) < 4.78 is 11.3. The molecule has 0 saturated carbocycles. The molecule has 5 nitrogen and oxygen atoms in total. The van der Waals surface area contributed by atoms with E-state index in [0.29, 0.717) is 19.8 Å². The Morgan fingerprint density at radius 2 is 1.87 bits per heavy atom. The average molecular weight is 409 g/mol. The van der Waals surface area contributed by atoms with E-state index in [4.69, 9.17) is 9.47 Å². The molecule has 2 aromatic rings. The van der Waals surface area contributed by atoms with Crippen LogP contribution in [0.4, 0.5) is 0 Å². The van der Waals surface area contributed by atoms with Crippen molar-refractivity contribution in [3.05, 3.63) is 65.2 Å². The zero-order chi connectivity index (χ0) is 21.1. The second kappa shape index (κ2) is 8.78. The molecule has 2 saturated heterocycles. The van der Waals surface area contributed by atoms with Crippen molar-refractivity contribution in [2.45, 2.75) is 31.2 Å². The van der Waals surface area contributed by atoms with Gasteiger partial charge in [-0.3, -0.25) is 9.69 Å². The highest BCUT2D eigenvalue weighted by Gasteiger charge is 2.45. The van der Waals surface area contributed by atoms with Crippen LogP contribution in [0, 0.1) is 6.92 Å². The summed E-state index contributed by atoms with van der Waals surface area (Å²) in [5, 5.41) is 0. The van der Waals surface area contributed by atoms with E-state index in [-0.39, 0.29) is 11.9 Å². The Morgan fingerprint density at radius 1 is 1.10 bits per heavy atom. The molecular weight excluding hydrogens is 376 g/mol. The van der Waals surface area contributed by atoms with E-state index in [0.717, 1.165) is 42.8 Å². The van der Waals surface area contributed by atoms with E-state index in [2.05, 4.69) is 54.1 Å². The molecule has 0 radical (unpaired) electrons. The number of amides is 1. The lowest BCUT2D eigenvalue weighted by Gasteiger charge is -2.45. The molecule has 2 aliphatic heterocycles. The molecule has 2 aromatic carbocycles. The molecule has 4 rings (SSSR count). The number of hydrogen-bond donors (Lipinski definition) is 0. The van der Waals surface area contributed by atoms with Crippen molar-refractivity contribution >= 4 is 5.91 Å². The summed E-state index contributed by atoms with van der Waals surface area (Å²) in [6.07, 6.45) is 1.47. The average Bonchev–Trinajstić information content (AvgIpc) is 2.79. The van der Waals surface area contributed by atoms with Gasteiger partial charge in [0.05, 0.1) is 18.6 Å². The number of rotatable bonds is 4. The zero-order valence-corrected chi connectivity index (χ0v) is 18.3. The fourth-order valence-electron chi connectivity index (χ4n) is 4.93. The predicted molar refractivity (Wildman–Crippen MR) is 118 cm³/mol. The number of para-hydroxylation sites is 1. The van der Waals surface area contributed by atoms with E-state index in [1.165, 1.54) is 5.56 Å². The Kier molecular flexibility index (Phi) is 6.11. The van der Waals surface area contributed by atoms with Crippen molar-refractivity contribution in [2.75, 3.05) is 47.0 Å². The fraction of sp³-hybridized carbons (Fsp3) is 0.480. The quantitative estimate of drug-likeness (QED) is 0.776. The molecule has 2 aliphatic rings. The molecule has 1 unspecified atom stereocenters. The van der Waals surface area contributed by atoms with Crippen molar-refractivity contribution in [1.29, 1.82) is 0 Å². The van der Waals surface area contributed by atoms with Crippen LogP contribution in [0.5, 0.6) is 5.75 Å². The molecule has 0 aromatic heterocycles. The lowest BCUT2D eigenvalue weighted by Crippen LogP contribution is -2.56. The number of carbonyl (C=O) groups is 1. The lowest BCUT2D eigenvalue weighted by molar-refractivity contribution is -0.144. The molecule has 2 fully saturated rings. The topological polar surface area (TPSA) is 42.0 Å². The molecule has 0 spiro atoms. The Hall–Kier alpha value is -2.37. The number of benzene rings is 2. The van der Waals surface area contributed by atoms with Crippen molar-refractivity contribution < 1.29 is 14.3 Å². The maximum atomic E-state index is 14.0. The number of ether oxygens (including phenoxy) is 2. The first kappa shape index (κ1) is 20.9. The molecule has 0 N–H and O–H groups in total. The smallest absolute Gasteiger partial charge is 0.233 e. The van der Waals surface area contributed by atoms with Crippen LogP contribution in [0.25, 0.3) is 0 Å². The number of hydrogen-bond acceptors (Lipinski definition) is 4. The molecule has 30 heavy (non-hydrogen) atoms. The van der Waals surface area contributed by atoms with E-state index in [9.17, 15) is 4.79 Å². The standard InChI is InChI=1S/C25H32N2O3/c1-19-7-6-8-20(17-19)25(11-15-30-16-12-25)24(28)27-14-13-26(2)22(18-27)21-9-4-5-10-23(21)29-3/h4-10,17,22H,11-16,18H2,1-3H3. The molecular formula is C25H32N2O3. The normalized spacial score (nSPS) is 22.0. The van der Waals surface area contributed by atoms with Crippen LogP contribution in [0.2, 0.25) is 0 Å². The number of aryl methyl sites for hydroxylation is 1. The molecule has 160 valence electrons. The molecule has 2 heterocycles. The van der Waals surface area contributed by atoms with Gasteiger partial charge in [-0.15, -0.1) is 0 Å². The minimum atomic E-state index is -0.495. The van der Waals surface area contributed by atoms with Gasteiger partial charge in [-0.05, 0) is 38.4 Å². The van der Waals surface area contributed by atoms with Gasteiger partial charge in [0.15, 0.2) is 0 Å². The van der Waals surface area contributed by atoms with E-state index in [1.54, 1.807) is 7.11 Å². The van der Waals surface area contributed by atoms with Crippen LogP contribution < -0.4 is 4.74 Å². The number of piperazine rings is 1. The molecule has 1 amide bonds. The maximum Gasteiger partial charge on any atom is 0.233 e. The third-order valence-electron chi connectivity index (χ3n) is 6.76. The minimum absolute atomic E-state index is 0.119. The highest BCUT2D eigenvalue weighted by atomic mass is 16.5. The number of carbonyl (C=O) groups excluding carboxylic acids is 1. The third kappa shape index (κ3) is 3.84. The summed E-state index contributed by atoms with van der Waals surface area (Å²) in [5.74, 6) is 1.12. The van der Waals surface area contributed by atoms with Gasteiger partial charge < -0.3 is 14.4 Å². The number of likely N-dealkylation sites (N-methyl/N-ethyl adjacent to an activating group) is 1. The second-order valence-electron chi connectivity index (χ2n) is 8.55. The highest BCUT2D eigenvalue weighted by molar-refractivity contribution is 5.88. The first-order valence-electron chi connectivity index (χ1n) is 10.8. The molecule has 0 aliphatic carbocycles. The van der Waals surface area contributed by atoms with Gasteiger partial charge in [0.1, 0.15) is 5.75 Å². The number of nitrogens with zero attached hydrogens (tertiary/aromatic N) is 2. The van der Waals surface area contributed by atoms with Crippen LogP contribution in [0.3, 0.4) is 0 Å². The SMILES string of the molecule is COc1ccccc1C1CN(C(=O)C2(c3cccc(C)c3)CCOCC2)CCN1C. The summed E-state index contributed by atoms with van der Waals surface area (Å²) in [7, 11) is 3.84. The van der Waals surface area contributed by atoms with Crippen molar-refractivity contribution in [1.82, 2.24) is 9.80 Å². The molecule has 1 atom stereocenters. The summed E-state index contributed by atoms with van der Waals surface area (Å²) >= 11 is 0. The van der Waals surface area contributed by atoms with E-state index >= 15 is 0 Å². The summed E-state index contributed by atoms with van der Waals surface area (Å²) in [6.45, 7) is 5.61. The summed E-state index contributed by atoms with van der Waals surface area (Å²) in [6, 6.07) is 16.7. The maximum absolute atomic E-state index is 14.0. The Labute approximate surface area is 179 Å². The second-order valence-corrected chi connectivity index (χ2v) is 8.55. The molecule has 0 bridgehead atoms. The van der Waals surface area contributed by atoms with Crippen LogP contribution in [0.1, 0.15) is 35.6 Å². The summed E-state index contributed by atoms with van der Waals surface area (Å²) in [4.78, 5) is 18.4. The van der Waals surface area contributed by atoms with Crippen molar-refractivity contribution in [2.24, 2.45) is 0 Å². The van der Waals surface area contributed by atoms with Crippen LogP contribution in [-0.4, -0.2) is 62.7 Å². The van der Waals surface area contributed by atoms with Crippen molar-refractivity contribution in [3.8, 4) is 5.75 Å². The Morgan fingerprint density at radius 3 is 2.60 bits per heavy atom.